The highest BCUT2D eigenvalue weighted by Crippen LogP contribution is 2.14. The van der Waals surface area contributed by atoms with Gasteiger partial charge in [-0.1, -0.05) is 22.5 Å². The van der Waals surface area contributed by atoms with Crippen molar-refractivity contribution in [1.82, 2.24) is 15.0 Å². The minimum Gasteiger partial charge on any atom is -0.487 e. The average Bonchev–Trinajstić information content (AvgIpc) is 2.89. The molecule has 1 N–H and O–H groups in total. The van der Waals surface area contributed by atoms with E-state index in [2.05, 4.69) is 15.5 Å². The molecule has 0 radical (unpaired) electrons. The fourth-order valence-electron chi connectivity index (χ4n) is 1.75. The summed E-state index contributed by atoms with van der Waals surface area (Å²) in [6.07, 6.45) is 3.42. The molecule has 106 valence electrons. The van der Waals surface area contributed by atoms with Crippen LogP contribution in [0.3, 0.4) is 0 Å². The third-order valence-corrected chi connectivity index (χ3v) is 2.91. The fraction of sp³-hybridized carbons (Fsp3) is 0.357. The second kappa shape index (κ2) is 6.70. The molecule has 2 aromatic rings. The normalized spacial score (nSPS) is 11.6. The van der Waals surface area contributed by atoms with E-state index in [0.29, 0.717) is 6.61 Å². The van der Waals surface area contributed by atoms with Crippen LogP contribution in [-0.2, 0) is 20.1 Å². The van der Waals surface area contributed by atoms with Crippen molar-refractivity contribution in [2.75, 3.05) is 0 Å². The van der Waals surface area contributed by atoms with Crippen LogP contribution in [0.2, 0.25) is 0 Å². The van der Waals surface area contributed by atoms with E-state index < -0.39 is 0 Å². The molecule has 1 heterocycles. The van der Waals surface area contributed by atoms with Crippen LogP contribution in [0.5, 0.6) is 5.75 Å². The van der Waals surface area contributed by atoms with Crippen LogP contribution in [-0.4, -0.2) is 25.9 Å². The molecule has 0 atom stereocenters. The van der Waals surface area contributed by atoms with E-state index in [1.807, 2.05) is 37.5 Å². The van der Waals surface area contributed by atoms with E-state index >= 15 is 0 Å². The van der Waals surface area contributed by atoms with Gasteiger partial charge in [0, 0.05) is 7.05 Å². The van der Waals surface area contributed by atoms with Crippen molar-refractivity contribution in [2.45, 2.75) is 26.4 Å². The summed E-state index contributed by atoms with van der Waals surface area (Å²) in [6, 6.07) is 7.88. The topological polar surface area (TPSA) is 72.5 Å². The second-order valence-corrected chi connectivity index (χ2v) is 4.65. The van der Waals surface area contributed by atoms with Crippen LogP contribution in [0.25, 0.3) is 0 Å². The maximum atomic E-state index is 8.59. The molecule has 0 saturated carbocycles. The van der Waals surface area contributed by atoms with Crippen LogP contribution in [0.4, 0.5) is 0 Å². The van der Waals surface area contributed by atoms with Gasteiger partial charge in [0.1, 0.15) is 18.1 Å². The molecule has 2 rings (SSSR count). The van der Waals surface area contributed by atoms with Gasteiger partial charge in [-0.2, -0.15) is 0 Å². The lowest BCUT2D eigenvalue weighted by molar-refractivity contribution is 0.301. The highest BCUT2D eigenvalue weighted by molar-refractivity contribution is 5.81. The molecule has 6 nitrogen and oxygen atoms in total. The first kappa shape index (κ1) is 14.0. The molecule has 0 bridgehead atoms. The Morgan fingerprint density at radius 1 is 1.35 bits per heavy atom. The largest absolute Gasteiger partial charge is 0.487 e. The highest BCUT2D eigenvalue weighted by Gasteiger charge is 2.01. The lowest BCUT2D eigenvalue weighted by Gasteiger charge is -2.05. The Labute approximate surface area is 117 Å². The summed E-state index contributed by atoms with van der Waals surface area (Å²) in [7, 11) is 1.82. The minimum atomic E-state index is 0.406. The Bertz CT molecular complexity index is 575. The highest BCUT2D eigenvalue weighted by atomic mass is 16.5. The Kier molecular flexibility index (Phi) is 4.70. The molecular formula is C14H18N4O2. The van der Waals surface area contributed by atoms with Crippen LogP contribution >= 0.6 is 0 Å². The third-order valence-electron chi connectivity index (χ3n) is 2.91. The quantitative estimate of drug-likeness (QED) is 0.498. The zero-order valence-corrected chi connectivity index (χ0v) is 11.7. The molecule has 1 aromatic heterocycles. The first-order valence-electron chi connectivity index (χ1n) is 6.42. The molecule has 0 saturated heterocycles. The molecule has 0 spiro atoms. The van der Waals surface area contributed by atoms with Gasteiger partial charge in [0.15, 0.2) is 0 Å². The summed E-state index contributed by atoms with van der Waals surface area (Å²) in [6.45, 7) is 2.21. The van der Waals surface area contributed by atoms with Gasteiger partial charge in [-0.15, -0.1) is 5.10 Å². The number of hydrogen-bond acceptors (Lipinski definition) is 5. The van der Waals surface area contributed by atoms with Gasteiger partial charge < -0.3 is 9.94 Å². The number of oxime groups is 1. The van der Waals surface area contributed by atoms with Crippen molar-refractivity contribution >= 4 is 5.71 Å². The van der Waals surface area contributed by atoms with Crippen molar-refractivity contribution in [3.8, 4) is 5.75 Å². The predicted octanol–water partition coefficient (Wildman–Crippen LogP) is 2.18. The van der Waals surface area contributed by atoms with E-state index in [4.69, 9.17) is 9.94 Å². The number of benzene rings is 1. The maximum absolute atomic E-state index is 8.59. The number of nitrogens with zero attached hydrogens (tertiary/aromatic N) is 4. The molecule has 1 aromatic carbocycles. The summed E-state index contributed by atoms with van der Waals surface area (Å²) >= 11 is 0. The van der Waals surface area contributed by atoms with E-state index in [1.165, 1.54) is 5.56 Å². The maximum Gasteiger partial charge on any atom is 0.134 e. The second-order valence-electron chi connectivity index (χ2n) is 4.65. The van der Waals surface area contributed by atoms with Crippen LogP contribution in [0.1, 0.15) is 24.6 Å². The molecule has 0 amide bonds. The molecule has 20 heavy (non-hydrogen) atoms. The van der Waals surface area contributed by atoms with Gasteiger partial charge >= 0.3 is 0 Å². The fourth-order valence-corrected chi connectivity index (χ4v) is 1.75. The Morgan fingerprint density at radius 2 is 2.10 bits per heavy atom. The van der Waals surface area contributed by atoms with Crippen molar-refractivity contribution in [3.63, 3.8) is 0 Å². The van der Waals surface area contributed by atoms with E-state index in [1.54, 1.807) is 11.6 Å². The van der Waals surface area contributed by atoms with E-state index in [0.717, 1.165) is 30.0 Å². The third kappa shape index (κ3) is 4.08. The summed E-state index contributed by atoms with van der Waals surface area (Å²) < 4.78 is 7.27. The van der Waals surface area contributed by atoms with Crippen LogP contribution in [0.15, 0.2) is 35.6 Å². The van der Waals surface area contributed by atoms with Gasteiger partial charge in [-0.25, -0.2) is 0 Å². The molecule has 6 heteroatoms. The first-order chi connectivity index (χ1) is 9.67. The number of rotatable bonds is 6. The van der Waals surface area contributed by atoms with Gasteiger partial charge in [0.25, 0.3) is 0 Å². The van der Waals surface area contributed by atoms with Crippen molar-refractivity contribution < 1.29 is 9.94 Å². The minimum absolute atomic E-state index is 0.406. The number of ether oxygens (including phenoxy) is 1. The van der Waals surface area contributed by atoms with Crippen LogP contribution in [0, 0.1) is 0 Å². The van der Waals surface area contributed by atoms with Crippen molar-refractivity contribution in [1.29, 1.82) is 0 Å². The molecule has 0 aliphatic carbocycles. The Morgan fingerprint density at radius 3 is 2.70 bits per heavy atom. The van der Waals surface area contributed by atoms with Gasteiger partial charge in [0.2, 0.25) is 0 Å². The zero-order chi connectivity index (χ0) is 14.4. The zero-order valence-electron chi connectivity index (χ0n) is 11.7. The number of aromatic nitrogens is 3. The average molecular weight is 274 g/mol. The molecule has 0 fully saturated rings. The summed E-state index contributed by atoms with van der Waals surface area (Å²) in [4.78, 5) is 0. The number of aryl methyl sites for hydroxylation is 2. The van der Waals surface area contributed by atoms with Gasteiger partial charge in [-0.05, 0) is 37.5 Å². The summed E-state index contributed by atoms with van der Waals surface area (Å²) in [5, 5.41) is 19.6. The monoisotopic (exact) mass is 274 g/mol. The predicted molar refractivity (Wildman–Crippen MR) is 75.0 cm³/mol. The summed E-state index contributed by atoms with van der Waals surface area (Å²) in [5.41, 5.74) is 2.71. The number of hydrogen-bond donors (Lipinski definition) is 1. The Hall–Kier alpha value is -2.37. The lowest BCUT2D eigenvalue weighted by Crippen LogP contribution is -1.97. The van der Waals surface area contributed by atoms with Crippen molar-refractivity contribution in [3.05, 3.63) is 41.7 Å². The van der Waals surface area contributed by atoms with E-state index in [9.17, 15) is 0 Å². The molecule has 0 aliphatic heterocycles. The Balaban J connectivity index is 1.85. The van der Waals surface area contributed by atoms with Gasteiger partial charge in [0.05, 0.1) is 11.9 Å². The summed E-state index contributed by atoms with van der Waals surface area (Å²) in [5.74, 6) is 0.798. The van der Waals surface area contributed by atoms with Gasteiger partial charge in [-0.3, -0.25) is 4.68 Å². The van der Waals surface area contributed by atoms with Crippen LogP contribution < -0.4 is 4.74 Å². The standard InChI is InChI=1S/C14H18N4O2/c1-11(16-19)3-4-12-5-7-14(8-6-12)20-10-13-9-18(2)17-15-13/h5-9,19H,3-4,10H2,1-2H3/b16-11-. The smallest absolute Gasteiger partial charge is 0.134 e. The lowest BCUT2D eigenvalue weighted by atomic mass is 10.1. The molecule has 0 unspecified atom stereocenters. The molecule has 0 aliphatic rings. The van der Waals surface area contributed by atoms with Crippen molar-refractivity contribution in [2.24, 2.45) is 12.2 Å². The SMILES string of the molecule is C/C(CCc1ccc(OCc2cn(C)nn2)cc1)=N/O. The van der Waals surface area contributed by atoms with E-state index in [-0.39, 0.29) is 0 Å². The molecular weight excluding hydrogens is 256 g/mol. The first-order valence-corrected chi connectivity index (χ1v) is 6.42.